The fourth-order valence-electron chi connectivity index (χ4n) is 5.25. The maximum atomic E-state index is 13.8. The molecule has 10 heteroatoms. The van der Waals surface area contributed by atoms with Gasteiger partial charge >= 0.3 is 17.9 Å². The highest BCUT2D eigenvalue weighted by molar-refractivity contribution is 7.21. The molecule has 9 nitrogen and oxygen atoms in total. The summed E-state index contributed by atoms with van der Waals surface area (Å²) < 4.78 is 26.0. The van der Waals surface area contributed by atoms with Crippen LogP contribution in [0, 0.1) is 0 Å². The van der Waals surface area contributed by atoms with Gasteiger partial charge in [0.15, 0.2) is 24.5 Å². The van der Waals surface area contributed by atoms with Crippen molar-refractivity contribution in [3.63, 3.8) is 0 Å². The molecule has 4 aromatic rings. The first kappa shape index (κ1) is 27.5. The summed E-state index contributed by atoms with van der Waals surface area (Å²) in [6, 6.07) is 17.0. The number of fused-ring (bicyclic) bond motifs is 2. The van der Waals surface area contributed by atoms with Gasteiger partial charge in [-0.1, -0.05) is 43.3 Å². The van der Waals surface area contributed by atoms with E-state index in [2.05, 4.69) is 0 Å². The van der Waals surface area contributed by atoms with Crippen molar-refractivity contribution in [2.24, 2.45) is 0 Å². The predicted molar refractivity (Wildman–Crippen MR) is 148 cm³/mol. The Morgan fingerprint density at radius 2 is 1.48 bits per heavy atom. The SMILES string of the molecule is CC[C@H]1OC(n2cc(C(=O)c3cc4ccccc4s3)c3ccccc32)[C@H](OC(C)=O)[C@@H](OC(C)=O)[C@@H]1OC(C)=O. The number of thiophene rings is 1. The second-order valence-electron chi connectivity index (χ2n) is 9.64. The van der Waals surface area contributed by atoms with Gasteiger partial charge in [-0.15, -0.1) is 11.3 Å². The van der Waals surface area contributed by atoms with Crippen LogP contribution in [0.1, 0.15) is 55.6 Å². The van der Waals surface area contributed by atoms with Crippen molar-refractivity contribution in [3.8, 4) is 0 Å². The quantitative estimate of drug-likeness (QED) is 0.172. The molecule has 5 rings (SSSR count). The Hall–Kier alpha value is -4.02. The molecule has 3 heterocycles. The Morgan fingerprint density at radius 3 is 2.15 bits per heavy atom. The molecule has 1 saturated heterocycles. The molecule has 2 aromatic heterocycles. The lowest BCUT2D eigenvalue weighted by atomic mass is 9.95. The third-order valence-electron chi connectivity index (χ3n) is 6.83. The van der Waals surface area contributed by atoms with Crippen LogP contribution < -0.4 is 0 Å². The van der Waals surface area contributed by atoms with E-state index in [1.807, 2.05) is 61.5 Å². The number of nitrogens with zero attached hydrogens (tertiary/aromatic N) is 1. The summed E-state index contributed by atoms with van der Waals surface area (Å²) in [5, 5.41) is 1.67. The van der Waals surface area contributed by atoms with Crippen molar-refractivity contribution >= 4 is 56.0 Å². The molecule has 1 aliphatic heterocycles. The fourth-order valence-corrected chi connectivity index (χ4v) is 6.26. The van der Waals surface area contributed by atoms with Crippen molar-refractivity contribution in [1.82, 2.24) is 4.57 Å². The molecule has 2 aromatic carbocycles. The normalized spacial score (nSPS) is 22.6. The van der Waals surface area contributed by atoms with Crippen LogP contribution in [0.5, 0.6) is 0 Å². The van der Waals surface area contributed by atoms with Crippen molar-refractivity contribution in [1.29, 1.82) is 0 Å². The van der Waals surface area contributed by atoms with Crippen LogP contribution in [-0.2, 0) is 33.3 Å². The van der Waals surface area contributed by atoms with E-state index in [-0.39, 0.29) is 5.78 Å². The summed E-state index contributed by atoms with van der Waals surface area (Å²) >= 11 is 1.41. The molecular formula is C30H29NO8S. The predicted octanol–water partition coefficient (Wildman–Crippen LogP) is 5.19. The summed E-state index contributed by atoms with van der Waals surface area (Å²) in [5.41, 5.74) is 1.11. The number of aromatic nitrogens is 1. The van der Waals surface area contributed by atoms with Crippen molar-refractivity contribution in [2.75, 3.05) is 0 Å². The minimum atomic E-state index is -1.17. The van der Waals surface area contributed by atoms with Gasteiger partial charge in [-0.05, 0) is 30.0 Å². The summed E-state index contributed by atoms with van der Waals surface area (Å²) in [6.07, 6.45) is -2.90. The van der Waals surface area contributed by atoms with Crippen molar-refractivity contribution in [3.05, 3.63) is 71.2 Å². The monoisotopic (exact) mass is 563 g/mol. The molecule has 0 radical (unpaired) electrons. The van der Waals surface area contributed by atoms with Gasteiger partial charge in [-0.25, -0.2) is 0 Å². The van der Waals surface area contributed by atoms with E-state index in [1.165, 1.54) is 32.1 Å². The number of carbonyl (C=O) groups excluding carboxylic acids is 4. The molecule has 40 heavy (non-hydrogen) atoms. The number of rotatable bonds is 7. The van der Waals surface area contributed by atoms with Crippen LogP contribution in [0.25, 0.3) is 21.0 Å². The molecule has 208 valence electrons. The lowest BCUT2D eigenvalue weighted by molar-refractivity contribution is -0.262. The van der Waals surface area contributed by atoms with E-state index >= 15 is 0 Å². The minimum absolute atomic E-state index is 0.155. The summed E-state index contributed by atoms with van der Waals surface area (Å²) in [4.78, 5) is 50.8. The van der Waals surface area contributed by atoms with Gasteiger partial charge in [0.1, 0.15) is 6.10 Å². The number of para-hydroxylation sites is 1. The lowest BCUT2D eigenvalue weighted by Crippen LogP contribution is -2.59. The Bertz CT molecular complexity index is 1570. The van der Waals surface area contributed by atoms with E-state index in [0.717, 1.165) is 10.1 Å². The number of ketones is 1. The van der Waals surface area contributed by atoms with Gasteiger partial charge in [0.05, 0.1) is 10.4 Å². The van der Waals surface area contributed by atoms with Crippen molar-refractivity contribution < 1.29 is 38.1 Å². The summed E-state index contributed by atoms with van der Waals surface area (Å²) in [6.45, 7) is 5.56. The zero-order valence-corrected chi connectivity index (χ0v) is 23.3. The Kier molecular flexibility index (Phi) is 7.73. The zero-order chi connectivity index (χ0) is 28.6. The van der Waals surface area contributed by atoms with Gasteiger partial charge in [0.25, 0.3) is 0 Å². The fraction of sp³-hybridized carbons (Fsp3) is 0.333. The van der Waals surface area contributed by atoms with Gasteiger partial charge in [0.2, 0.25) is 5.78 Å². The van der Waals surface area contributed by atoms with E-state index in [4.69, 9.17) is 18.9 Å². The number of hydrogen-bond donors (Lipinski definition) is 0. The van der Waals surface area contributed by atoms with E-state index in [1.54, 1.807) is 10.8 Å². The maximum absolute atomic E-state index is 13.8. The number of benzene rings is 2. The van der Waals surface area contributed by atoms with E-state index in [0.29, 0.717) is 27.8 Å². The van der Waals surface area contributed by atoms with Gasteiger partial charge in [-0.2, -0.15) is 0 Å². The Morgan fingerprint density at radius 1 is 0.850 bits per heavy atom. The van der Waals surface area contributed by atoms with Crippen molar-refractivity contribution in [2.45, 2.75) is 64.8 Å². The highest BCUT2D eigenvalue weighted by atomic mass is 32.1. The van der Waals surface area contributed by atoms with Crippen LogP contribution in [-0.4, -0.2) is 52.7 Å². The highest BCUT2D eigenvalue weighted by Gasteiger charge is 2.52. The Labute approximate surface area is 234 Å². The topological polar surface area (TPSA) is 110 Å². The first-order chi connectivity index (χ1) is 19.2. The average Bonchev–Trinajstić information content (AvgIpc) is 3.52. The van der Waals surface area contributed by atoms with Gasteiger partial charge in [0, 0.05) is 42.6 Å². The highest BCUT2D eigenvalue weighted by Crippen LogP contribution is 2.39. The second kappa shape index (κ2) is 11.2. The molecule has 0 N–H and O–H groups in total. The third-order valence-corrected chi connectivity index (χ3v) is 7.94. The van der Waals surface area contributed by atoms with Crippen LogP contribution >= 0.6 is 11.3 Å². The van der Waals surface area contributed by atoms with Crippen LogP contribution in [0.4, 0.5) is 0 Å². The summed E-state index contributed by atoms with van der Waals surface area (Å²) in [7, 11) is 0. The molecule has 5 atom stereocenters. The largest absolute Gasteiger partial charge is 0.456 e. The number of hydrogen-bond acceptors (Lipinski definition) is 9. The molecule has 0 amide bonds. The van der Waals surface area contributed by atoms with Crippen LogP contribution in [0.2, 0.25) is 0 Å². The molecule has 0 saturated carbocycles. The Balaban J connectivity index is 1.64. The van der Waals surface area contributed by atoms with Crippen LogP contribution in [0.15, 0.2) is 60.8 Å². The molecule has 1 unspecified atom stereocenters. The van der Waals surface area contributed by atoms with E-state index < -0.39 is 48.6 Å². The second-order valence-corrected chi connectivity index (χ2v) is 10.7. The number of ether oxygens (including phenoxy) is 4. The standard InChI is InChI=1S/C30H29NO8S/c1-5-23-27(36-16(2)32)28(37-17(3)33)29(38-18(4)34)30(39-23)31-15-21(20-11-7-8-12-22(20)31)26(35)25-14-19-10-6-9-13-24(19)40-25/h6-15,23,27-30H,5H2,1-4H3/t23-,27-,28+,29-,30?/m1/s1. The maximum Gasteiger partial charge on any atom is 0.303 e. The molecule has 0 spiro atoms. The van der Waals surface area contributed by atoms with Crippen LogP contribution in [0.3, 0.4) is 0 Å². The lowest BCUT2D eigenvalue weighted by Gasteiger charge is -2.45. The minimum Gasteiger partial charge on any atom is -0.456 e. The average molecular weight is 564 g/mol. The molecule has 0 bridgehead atoms. The van der Waals surface area contributed by atoms with Gasteiger partial charge < -0.3 is 23.5 Å². The van der Waals surface area contributed by atoms with E-state index in [9.17, 15) is 19.2 Å². The molecule has 1 aliphatic rings. The molecule has 0 aliphatic carbocycles. The zero-order valence-electron chi connectivity index (χ0n) is 22.5. The number of esters is 3. The smallest absolute Gasteiger partial charge is 0.303 e. The van der Waals surface area contributed by atoms with Gasteiger partial charge in [-0.3, -0.25) is 19.2 Å². The molecular weight excluding hydrogens is 534 g/mol. The first-order valence-corrected chi connectivity index (χ1v) is 13.8. The molecule has 1 fully saturated rings. The number of carbonyl (C=O) groups is 4. The summed E-state index contributed by atoms with van der Waals surface area (Å²) in [5.74, 6) is -2.01. The first-order valence-electron chi connectivity index (χ1n) is 13.0. The third kappa shape index (κ3) is 5.24.